The number of nitrogens with zero attached hydrogens (tertiary/aromatic N) is 1. The normalized spacial score (nSPS) is 10.5. The molecular formula is C11H9ClN2O3. The van der Waals surface area contributed by atoms with Crippen LogP contribution in [0.25, 0.3) is 0 Å². The molecule has 0 spiro atoms. The van der Waals surface area contributed by atoms with Gasteiger partial charge in [0.2, 0.25) is 0 Å². The number of anilines is 2. The first kappa shape index (κ1) is 11.6. The molecule has 2 rings (SSSR count). The van der Waals surface area contributed by atoms with Gasteiger partial charge in [0.05, 0.1) is 12.3 Å². The fourth-order valence-corrected chi connectivity index (χ4v) is 1.55. The SMILES string of the molecule is CCOc1c(Nc2cccnc2Cl)c(=O)c1=O. The van der Waals surface area contributed by atoms with Crippen molar-refractivity contribution < 1.29 is 4.74 Å². The van der Waals surface area contributed by atoms with Gasteiger partial charge in [0.1, 0.15) is 5.69 Å². The zero-order valence-electron chi connectivity index (χ0n) is 8.99. The minimum absolute atomic E-state index is 0.0532. The topological polar surface area (TPSA) is 68.3 Å². The van der Waals surface area contributed by atoms with E-state index >= 15 is 0 Å². The number of nitrogens with one attached hydrogen (secondary N) is 1. The van der Waals surface area contributed by atoms with Gasteiger partial charge in [0.15, 0.2) is 10.9 Å². The van der Waals surface area contributed by atoms with Crippen LogP contribution in [0.2, 0.25) is 5.15 Å². The van der Waals surface area contributed by atoms with Gasteiger partial charge in [-0.15, -0.1) is 0 Å². The lowest BCUT2D eigenvalue weighted by atomic mass is 10.2. The highest BCUT2D eigenvalue weighted by Crippen LogP contribution is 2.26. The minimum Gasteiger partial charge on any atom is -0.488 e. The molecule has 0 saturated heterocycles. The third-order valence-electron chi connectivity index (χ3n) is 2.17. The van der Waals surface area contributed by atoms with Crippen molar-refractivity contribution in [3.05, 3.63) is 43.9 Å². The van der Waals surface area contributed by atoms with E-state index in [0.717, 1.165) is 0 Å². The van der Waals surface area contributed by atoms with E-state index in [1.807, 2.05) is 0 Å². The van der Waals surface area contributed by atoms with Crippen molar-refractivity contribution in [2.24, 2.45) is 0 Å². The molecule has 0 aliphatic carbocycles. The number of aromatic nitrogens is 1. The van der Waals surface area contributed by atoms with Crippen molar-refractivity contribution in [3.8, 4) is 5.75 Å². The summed E-state index contributed by atoms with van der Waals surface area (Å²) in [4.78, 5) is 26.4. The van der Waals surface area contributed by atoms with Crippen LogP contribution in [-0.2, 0) is 0 Å². The molecule has 6 heteroatoms. The summed E-state index contributed by atoms with van der Waals surface area (Å²) in [5.74, 6) is 0.0532. The maximum Gasteiger partial charge on any atom is 0.272 e. The Hall–Kier alpha value is -1.88. The molecule has 0 amide bonds. The van der Waals surface area contributed by atoms with Crippen LogP contribution in [0.3, 0.4) is 0 Å². The zero-order chi connectivity index (χ0) is 12.4. The van der Waals surface area contributed by atoms with Crippen molar-refractivity contribution in [3.63, 3.8) is 0 Å². The molecule has 1 aromatic heterocycles. The summed E-state index contributed by atoms with van der Waals surface area (Å²) >= 11 is 5.83. The minimum atomic E-state index is -0.616. The number of rotatable bonds is 4. The molecule has 88 valence electrons. The Morgan fingerprint density at radius 2 is 2.18 bits per heavy atom. The largest absolute Gasteiger partial charge is 0.488 e. The molecule has 17 heavy (non-hydrogen) atoms. The van der Waals surface area contributed by atoms with Crippen LogP contribution in [0.15, 0.2) is 27.9 Å². The second-order valence-electron chi connectivity index (χ2n) is 3.26. The van der Waals surface area contributed by atoms with E-state index < -0.39 is 10.9 Å². The second-order valence-corrected chi connectivity index (χ2v) is 3.62. The Bertz CT molecular complexity index is 617. The van der Waals surface area contributed by atoms with E-state index in [-0.39, 0.29) is 16.6 Å². The van der Waals surface area contributed by atoms with Crippen LogP contribution in [0.5, 0.6) is 5.75 Å². The average molecular weight is 253 g/mol. The lowest BCUT2D eigenvalue weighted by Gasteiger charge is -2.13. The van der Waals surface area contributed by atoms with Crippen molar-refractivity contribution >= 4 is 23.0 Å². The maximum atomic E-state index is 11.3. The summed E-state index contributed by atoms with van der Waals surface area (Å²) in [6.07, 6.45) is 1.53. The van der Waals surface area contributed by atoms with Crippen LogP contribution in [-0.4, -0.2) is 11.6 Å². The summed E-state index contributed by atoms with van der Waals surface area (Å²) in [5, 5.41) is 2.98. The van der Waals surface area contributed by atoms with Gasteiger partial charge < -0.3 is 10.1 Å². The highest BCUT2D eigenvalue weighted by atomic mass is 35.5. The Labute approximate surface area is 102 Å². The van der Waals surface area contributed by atoms with Crippen LogP contribution in [0, 0.1) is 0 Å². The third kappa shape index (κ3) is 2.01. The fourth-order valence-electron chi connectivity index (χ4n) is 1.38. The molecule has 0 aliphatic rings. The first-order valence-corrected chi connectivity index (χ1v) is 5.36. The quantitative estimate of drug-likeness (QED) is 0.659. The average Bonchev–Trinajstić information content (AvgIpc) is 2.35. The predicted octanol–water partition coefficient (Wildman–Crippen LogP) is 1.47. The summed E-state index contributed by atoms with van der Waals surface area (Å²) < 4.78 is 5.07. The molecule has 1 heterocycles. The summed E-state index contributed by atoms with van der Waals surface area (Å²) in [5.41, 5.74) is -0.628. The monoisotopic (exact) mass is 252 g/mol. The molecule has 0 unspecified atom stereocenters. The van der Waals surface area contributed by atoms with Crippen molar-refractivity contribution in [1.29, 1.82) is 0 Å². The van der Waals surface area contributed by atoms with Crippen molar-refractivity contribution in [1.82, 2.24) is 4.98 Å². The number of hydrogen-bond donors (Lipinski definition) is 1. The molecular weight excluding hydrogens is 244 g/mol. The van der Waals surface area contributed by atoms with Crippen LogP contribution >= 0.6 is 11.6 Å². The van der Waals surface area contributed by atoms with Crippen molar-refractivity contribution in [2.45, 2.75) is 6.92 Å². The van der Waals surface area contributed by atoms with E-state index in [1.54, 1.807) is 19.1 Å². The molecule has 0 saturated carbocycles. The molecule has 0 radical (unpaired) electrons. The summed E-state index contributed by atoms with van der Waals surface area (Å²) in [6.45, 7) is 2.05. The predicted molar refractivity (Wildman–Crippen MR) is 65.1 cm³/mol. The van der Waals surface area contributed by atoms with E-state index in [4.69, 9.17) is 16.3 Å². The van der Waals surface area contributed by atoms with Gasteiger partial charge in [-0.3, -0.25) is 9.59 Å². The van der Waals surface area contributed by atoms with Crippen molar-refractivity contribution in [2.75, 3.05) is 11.9 Å². The lowest BCUT2D eigenvalue weighted by molar-refractivity contribution is 0.335. The summed E-state index contributed by atoms with van der Waals surface area (Å²) in [6, 6.07) is 3.32. The molecule has 5 nitrogen and oxygen atoms in total. The molecule has 0 aliphatic heterocycles. The third-order valence-corrected chi connectivity index (χ3v) is 2.48. The Kier molecular flexibility index (Phi) is 3.10. The summed E-state index contributed by atoms with van der Waals surface area (Å²) in [7, 11) is 0. The molecule has 1 aromatic carbocycles. The number of pyridine rings is 1. The fraction of sp³-hybridized carbons (Fsp3) is 0.182. The van der Waals surface area contributed by atoms with E-state index in [1.165, 1.54) is 6.20 Å². The molecule has 2 aromatic rings. The first-order chi connectivity index (χ1) is 8.15. The van der Waals surface area contributed by atoms with Crippen LogP contribution in [0.4, 0.5) is 11.4 Å². The Balaban J connectivity index is 2.32. The number of halogens is 1. The van der Waals surface area contributed by atoms with E-state index in [2.05, 4.69) is 10.3 Å². The molecule has 0 fully saturated rings. The maximum absolute atomic E-state index is 11.3. The van der Waals surface area contributed by atoms with Gasteiger partial charge in [-0.25, -0.2) is 4.98 Å². The van der Waals surface area contributed by atoms with Crippen LogP contribution in [0.1, 0.15) is 6.92 Å². The van der Waals surface area contributed by atoms with Crippen LogP contribution < -0.4 is 20.9 Å². The van der Waals surface area contributed by atoms with Gasteiger partial charge in [0, 0.05) is 6.20 Å². The Morgan fingerprint density at radius 1 is 1.41 bits per heavy atom. The number of ether oxygens (including phenoxy) is 1. The van der Waals surface area contributed by atoms with Gasteiger partial charge in [-0.2, -0.15) is 0 Å². The first-order valence-electron chi connectivity index (χ1n) is 4.98. The van der Waals surface area contributed by atoms with E-state index in [9.17, 15) is 9.59 Å². The Morgan fingerprint density at radius 3 is 2.82 bits per heavy atom. The van der Waals surface area contributed by atoms with Gasteiger partial charge >= 0.3 is 0 Å². The zero-order valence-corrected chi connectivity index (χ0v) is 9.75. The van der Waals surface area contributed by atoms with E-state index in [0.29, 0.717) is 12.3 Å². The molecule has 0 bridgehead atoms. The number of hydrogen-bond acceptors (Lipinski definition) is 5. The lowest BCUT2D eigenvalue weighted by Crippen LogP contribution is -2.35. The molecule has 1 N–H and O–H groups in total. The smallest absolute Gasteiger partial charge is 0.272 e. The highest BCUT2D eigenvalue weighted by molar-refractivity contribution is 6.32. The molecule has 0 atom stereocenters. The second kappa shape index (κ2) is 4.55. The van der Waals surface area contributed by atoms with Gasteiger partial charge in [-0.05, 0) is 19.1 Å². The van der Waals surface area contributed by atoms with Gasteiger partial charge in [0.25, 0.3) is 10.9 Å². The van der Waals surface area contributed by atoms with Gasteiger partial charge in [-0.1, -0.05) is 11.6 Å². The standard InChI is InChI=1S/C11H9ClN2O3/c1-2-17-10-7(8(15)9(10)16)14-6-4-3-5-13-11(6)12/h3-5,14H,2H2,1H3. The highest BCUT2D eigenvalue weighted by Gasteiger charge is 2.22.